The quantitative estimate of drug-likeness (QED) is 0.785. The second kappa shape index (κ2) is 5.34. The van der Waals surface area contributed by atoms with E-state index in [0.29, 0.717) is 0 Å². The van der Waals surface area contributed by atoms with Crippen molar-refractivity contribution in [3.63, 3.8) is 0 Å². The Labute approximate surface area is 124 Å². The van der Waals surface area contributed by atoms with Crippen LogP contribution in [0.3, 0.4) is 0 Å². The molecular formula is C18H20N2O. The van der Waals surface area contributed by atoms with E-state index in [9.17, 15) is 5.11 Å². The zero-order chi connectivity index (χ0) is 15.0. The number of hydrogen-bond acceptors (Lipinski definition) is 2. The van der Waals surface area contributed by atoms with Crippen molar-refractivity contribution in [3.8, 4) is 5.69 Å². The average molecular weight is 280 g/mol. The maximum Gasteiger partial charge on any atom is 0.100 e. The summed E-state index contributed by atoms with van der Waals surface area (Å²) in [5, 5.41) is 9.87. The van der Waals surface area contributed by atoms with Gasteiger partial charge in [0.05, 0.1) is 17.1 Å². The first-order valence-corrected chi connectivity index (χ1v) is 7.33. The minimum atomic E-state index is -0.386. The fraction of sp³-hybridized carbons (Fsp3) is 0.278. The number of aliphatic hydroxyl groups excluding tert-OH is 1. The molecule has 0 bridgehead atoms. The van der Waals surface area contributed by atoms with Crippen LogP contribution in [0.5, 0.6) is 0 Å². The van der Waals surface area contributed by atoms with Gasteiger partial charge in [-0.3, -0.25) is 4.57 Å². The summed E-state index contributed by atoms with van der Waals surface area (Å²) < 4.78 is 2.09. The van der Waals surface area contributed by atoms with Crippen LogP contribution in [0, 0.1) is 13.8 Å². The van der Waals surface area contributed by atoms with Crippen molar-refractivity contribution in [3.05, 3.63) is 59.4 Å². The minimum absolute atomic E-state index is 0.386. The Bertz CT molecular complexity index is 772. The SMILES string of the molecule is CC[C@@H](O)c1ccc(-n2cnc3cc(C)c(C)cc32)cc1. The first-order chi connectivity index (χ1) is 10.1. The monoisotopic (exact) mass is 280 g/mol. The smallest absolute Gasteiger partial charge is 0.100 e. The summed E-state index contributed by atoms with van der Waals surface area (Å²) in [6.45, 7) is 6.20. The summed E-state index contributed by atoms with van der Waals surface area (Å²) >= 11 is 0. The number of nitrogens with zero attached hydrogens (tertiary/aromatic N) is 2. The van der Waals surface area contributed by atoms with E-state index >= 15 is 0 Å². The maximum atomic E-state index is 9.87. The van der Waals surface area contributed by atoms with Crippen LogP contribution in [0.4, 0.5) is 0 Å². The van der Waals surface area contributed by atoms with Gasteiger partial charge in [-0.2, -0.15) is 0 Å². The Balaban J connectivity index is 2.06. The van der Waals surface area contributed by atoms with Crippen molar-refractivity contribution in [2.24, 2.45) is 0 Å². The molecule has 0 saturated carbocycles. The standard InChI is InChI=1S/C18H20N2O/c1-4-18(21)14-5-7-15(8-6-14)20-11-19-16-9-12(2)13(3)10-17(16)20/h5-11,18,21H,4H2,1-3H3/t18-/m1/s1. The lowest BCUT2D eigenvalue weighted by Crippen LogP contribution is -1.97. The predicted octanol–water partition coefficient (Wildman–Crippen LogP) is 4.09. The van der Waals surface area contributed by atoms with Crippen molar-refractivity contribution in [1.82, 2.24) is 9.55 Å². The summed E-state index contributed by atoms with van der Waals surface area (Å²) in [6, 6.07) is 12.3. The number of rotatable bonds is 3. The molecule has 2 aromatic carbocycles. The van der Waals surface area contributed by atoms with Gasteiger partial charge < -0.3 is 5.11 Å². The molecule has 3 rings (SSSR count). The topological polar surface area (TPSA) is 38.0 Å². The lowest BCUT2D eigenvalue weighted by Gasteiger charge is -2.10. The highest BCUT2D eigenvalue weighted by molar-refractivity contribution is 5.79. The Kier molecular flexibility index (Phi) is 3.52. The molecule has 0 aliphatic heterocycles. The molecule has 1 atom stereocenters. The minimum Gasteiger partial charge on any atom is -0.388 e. The molecule has 0 amide bonds. The zero-order valence-electron chi connectivity index (χ0n) is 12.7. The van der Waals surface area contributed by atoms with Crippen LogP contribution in [-0.4, -0.2) is 14.7 Å². The van der Waals surface area contributed by atoms with Gasteiger partial charge in [0.2, 0.25) is 0 Å². The van der Waals surface area contributed by atoms with Gasteiger partial charge in [0.1, 0.15) is 6.33 Å². The molecule has 1 aromatic heterocycles. The van der Waals surface area contributed by atoms with Crippen LogP contribution in [0.25, 0.3) is 16.7 Å². The van der Waals surface area contributed by atoms with Gasteiger partial charge >= 0.3 is 0 Å². The highest BCUT2D eigenvalue weighted by atomic mass is 16.3. The van der Waals surface area contributed by atoms with E-state index < -0.39 is 0 Å². The molecule has 0 spiro atoms. The van der Waals surface area contributed by atoms with Gasteiger partial charge in [-0.25, -0.2) is 4.98 Å². The molecule has 3 heteroatoms. The summed E-state index contributed by atoms with van der Waals surface area (Å²) in [5.41, 5.74) is 6.67. The molecule has 0 radical (unpaired) electrons. The normalized spacial score (nSPS) is 12.8. The van der Waals surface area contributed by atoms with E-state index in [1.54, 1.807) is 0 Å². The van der Waals surface area contributed by atoms with Crippen molar-refractivity contribution < 1.29 is 5.11 Å². The van der Waals surface area contributed by atoms with Crippen LogP contribution in [0.2, 0.25) is 0 Å². The van der Waals surface area contributed by atoms with Crippen molar-refractivity contribution in [2.75, 3.05) is 0 Å². The van der Waals surface area contributed by atoms with E-state index in [1.807, 2.05) is 37.5 Å². The van der Waals surface area contributed by atoms with Gasteiger partial charge in [0.15, 0.2) is 0 Å². The second-order valence-electron chi connectivity index (χ2n) is 5.56. The first-order valence-electron chi connectivity index (χ1n) is 7.33. The van der Waals surface area contributed by atoms with E-state index in [4.69, 9.17) is 0 Å². The Morgan fingerprint density at radius 3 is 2.43 bits per heavy atom. The molecule has 108 valence electrons. The molecule has 0 fully saturated rings. The van der Waals surface area contributed by atoms with E-state index in [2.05, 4.69) is 35.5 Å². The molecule has 0 aliphatic carbocycles. The third-order valence-corrected chi connectivity index (χ3v) is 4.11. The average Bonchev–Trinajstić information content (AvgIpc) is 2.90. The van der Waals surface area contributed by atoms with Gasteiger partial charge in [-0.1, -0.05) is 19.1 Å². The summed E-state index contributed by atoms with van der Waals surface area (Å²) in [4.78, 5) is 4.48. The van der Waals surface area contributed by atoms with Crippen LogP contribution in [0.1, 0.15) is 36.1 Å². The van der Waals surface area contributed by atoms with Gasteiger partial charge in [-0.15, -0.1) is 0 Å². The number of hydrogen-bond donors (Lipinski definition) is 1. The lowest BCUT2D eigenvalue weighted by molar-refractivity contribution is 0.173. The number of benzene rings is 2. The molecule has 3 nitrogen and oxygen atoms in total. The summed E-state index contributed by atoms with van der Waals surface area (Å²) in [5.74, 6) is 0. The number of aliphatic hydroxyl groups is 1. The fourth-order valence-corrected chi connectivity index (χ4v) is 2.56. The lowest BCUT2D eigenvalue weighted by atomic mass is 10.1. The molecule has 0 aliphatic rings. The molecule has 0 unspecified atom stereocenters. The fourth-order valence-electron chi connectivity index (χ4n) is 2.56. The third-order valence-electron chi connectivity index (χ3n) is 4.11. The Morgan fingerprint density at radius 1 is 1.10 bits per heavy atom. The summed E-state index contributed by atoms with van der Waals surface area (Å²) in [6.07, 6.45) is 2.20. The number of fused-ring (bicyclic) bond motifs is 1. The van der Waals surface area contributed by atoms with E-state index in [-0.39, 0.29) is 6.10 Å². The van der Waals surface area contributed by atoms with Crippen molar-refractivity contribution in [2.45, 2.75) is 33.3 Å². The van der Waals surface area contributed by atoms with E-state index in [1.165, 1.54) is 11.1 Å². The van der Waals surface area contributed by atoms with Crippen molar-refractivity contribution >= 4 is 11.0 Å². The molecule has 1 heterocycles. The van der Waals surface area contributed by atoms with Crippen LogP contribution >= 0.6 is 0 Å². The first kappa shape index (κ1) is 13.8. The number of aromatic nitrogens is 2. The highest BCUT2D eigenvalue weighted by Crippen LogP contribution is 2.23. The largest absolute Gasteiger partial charge is 0.388 e. The maximum absolute atomic E-state index is 9.87. The molecular weight excluding hydrogens is 260 g/mol. The predicted molar refractivity (Wildman–Crippen MR) is 85.8 cm³/mol. The third kappa shape index (κ3) is 2.45. The highest BCUT2D eigenvalue weighted by Gasteiger charge is 2.08. The molecule has 3 aromatic rings. The zero-order valence-corrected chi connectivity index (χ0v) is 12.7. The second-order valence-corrected chi connectivity index (χ2v) is 5.56. The van der Waals surface area contributed by atoms with Gasteiger partial charge in [-0.05, 0) is 61.2 Å². The van der Waals surface area contributed by atoms with E-state index in [0.717, 1.165) is 28.7 Å². The van der Waals surface area contributed by atoms with Crippen molar-refractivity contribution in [1.29, 1.82) is 0 Å². The molecule has 21 heavy (non-hydrogen) atoms. The Hall–Kier alpha value is -2.13. The molecule has 0 saturated heterocycles. The van der Waals surface area contributed by atoms with Crippen LogP contribution in [0.15, 0.2) is 42.7 Å². The summed E-state index contributed by atoms with van der Waals surface area (Å²) in [7, 11) is 0. The van der Waals surface area contributed by atoms with Crippen LogP contribution in [-0.2, 0) is 0 Å². The number of imidazole rings is 1. The number of aryl methyl sites for hydroxylation is 2. The van der Waals surface area contributed by atoms with Crippen LogP contribution < -0.4 is 0 Å². The Morgan fingerprint density at radius 2 is 1.76 bits per heavy atom. The van der Waals surface area contributed by atoms with Gasteiger partial charge in [0, 0.05) is 5.69 Å². The van der Waals surface area contributed by atoms with Gasteiger partial charge in [0.25, 0.3) is 0 Å². The molecule has 1 N–H and O–H groups in total.